The number of imide groups is 1. The molecule has 1 aliphatic heterocycles. The predicted molar refractivity (Wildman–Crippen MR) is 115 cm³/mol. The Bertz CT molecular complexity index is 1160. The summed E-state index contributed by atoms with van der Waals surface area (Å²) in [5, 5.41) is 3.72. The summed E-state index contributed by atoms with van der Waals surface area (Å²) in [6.45, 7) is 1.92. The van der Waals surface area contributed by atoms with Gasteiger partial charge >= 0.3 is 0 Å². The molecule has 0 radical (unpaired) electrons. The molecule has 0 unspecified atom stereocenters. The Morgan fingerprint density at radius 3 is 2.30 bits per heavy atom. The van der Waals surface area contributed by atoms with E-state index < -0.39 is 11.8 Å². The van der Waals surface area contributed by atoms with Crippen molar-refractivity contribution in [3.63, 3.8) is 0 Å². The van der Waals surface area contributed by atoms with E-state index in [1.54, 1.807) is 42.5 Å². The van der Waals surface area contributed by atoms with Crippen molar-refractivity contribution in [3.8, 4) is 0 Å². The summed E-state index contributed by atoms with van der Waals surface area (Å²) >= 11 is 6.04. The maximum absolute atomic E-state index is 13.2. The number of nitrogens with zero attached hydrogens (tertiary/aromatic N) is 1. The average Bonchev–Trinajstić information content (AvgIpc) is 2.96. The van der Waals surface area contributed by atoms with Gasteiger partial charge in [0.05, 0.1) is 12.1 Å². The van der Waals surface area contributed by atoms with Crippen molar-refractivity contribution in [1.29, 1.82) is 0 Å². The summed E-state index contributed by atoms with van der Waals surface area (Å²) < 4.78 is 13.2. The van der Waals surface area contributed by atoms with Gasteiger partial charge in [-0.2, -0.15) is 0 Å². The van der Waals surface area contributed by atoms with E-state index in [1.807, 2.05) is 25.1 Å². The number of halogens is 2. The minimum Gasteiger partial charge on any atom is -0.350 e. The lowest BCUT2D eigenvalue weighted by Gasteiger charge is -2.16. The molecule has 3 aromatic rings. The summed E-state index contributed by atoms with van der Waals surface area (Å²) in [4.78, 5) is 27.6. The van der Waals surface area contributed by atoms with Gasteiger partial charge in [-0.1, -0.05) is 54.1 Å². The maximum atomic E-state index is 13.2. The summed E-state index contributed by atoms with van der Waals surface area (Å²) in [5.74, 6) is -1.20. The van der Waals surface area contributed by atoms with Crippen LogP contribution in [0.25, 0.3) is 5.57 Å². The van der Waals surface area contributed by atoms with Crippen LogP contribution in [-0.4, -0.2) is 16.7 Å². The molecule has 0 saturated carbocycles. The largest absolute Gasteiger partial charge is 0.350 e. The molecule has 2 amide bonds. The monoisotopic (exact) mass is 420 g/mol. The molecule has 0 fully saturated rings. The number of nitrogens with one attached hydrogen (secondary N) is 1. The second-order valence-electron chi connectivity index (χ2n) is 7.02. The van der Waals surface area contributed by atoms with E-state index in [0.717, 1.165) is 5.56 Å². The van der Waals surface area contributed by atoms with Crippen molar-refractivity contribution in [2.75, 3.05) is 5.32 Å². The average molecular weight is 421 g/mol. The lowest BCUT2D eigenvalue weighted by molar-refractivity contribution is -0.137. The molecule has 6 heteroatoms. The highest BCUT2D eigenvalue weighted by Crippen LogP contribution is 2.32. The highest BCUT2D eigenvalue weighted by atomic mass is 35.5. The number of hydrogen-bond donors (Lipinski definition) is 1. The molecule has 1 heterocycles. The Kier molecular flexibility index (Phi) is 5.38. The lowest BCUT2D eigenvalue weighted by atomic mass is 10.0. The van der Waals surface area contributed by atoms with E-state index in [0.29, 0.717) is 27.4 Å². The highest BCUT2D eigenvalue weighted by molar-refractivity contribution is 6.36. The first kappa shape index (κ1) is 19.9. The van der Waals surface area contributed by atoms with E-state index >= 15 is 0 Å². The topological polar surface area (TPSA) is 49.4 Å². The minimum absolute atomic E-state index is 0.0546. The van der Waals surface area contributed by atoms with Crippen molar-refractivity contribution in [2.45, 2.75) is 13.5 Å². The zero-order chi connectivity index (χ0) is 21.3. The fourth-order valence-corrected chi connectivity index (χ4v) is 3.61. The summed E-state index contributed by atoms with van der Waals surface area (Å²) in [6.07, 6.45) is 0. The molecule has 1 aliphatic rings. The molecule has 4 rings (SSSR count). The molecule has 1 N–H and O–H groups in total. The molecule has 30 heavy (non-hydrogen) atoms. The van der Waals surface area contributed by atoms with E-state index in [-0.39, 0.29) is 18.1 Å². The van der Waals surface area contributed by atoms with Gasteiger partial charge in [0, 0.05) is 10.7 Å². The zero-order valence-electron chi connectivity index (χ0n) is 16.2. The standard InChI is InChI=1S/C24H18ClFN2O2/c1-15-13-18(25)9-12-20(15)27-22-21(17-5-3-2-4-6-17)23(29)28(24(22)30)14-16-7-10-19(26)11-8-16/h2-13,27H,14H2,1H3. The molecule has 150 valence electrons. The van der Waals surface area contributed by atoms with Gasteiger partial charge in [0.1, 0.15) is 11.5 Å². The smallest absolute Gasteiger partial charge is 0.278 e. The van der Waals surface area contributed by atoms with Crippen LogP contribution in [0.2, 0.25) is 5.02 Å². The number of anilines is 1. The van der Waals surface area contributed by atoms with E-state index in [9.17, 15) is 14.0 Å². The Hall–Kier alpha value is -3.44. The van der Waals surface area contributed by atoms with E-state index in [1.165, 1.54) is 17.0 Å². The molecule has 4 nitrogen and oxygen atoms in total. The van der Waals surface area contributed by atoms with E-state index in [2.05, 4.69) is 5.32 Å². The highest BCUT2D eigenvalue weighted by Gasteiger charge is 2.39. The van der Waals surface area contributed by atoms with Crippen molar-refractivity contribution in [3.05, 3.63) is 106 Å². The van der Waals surface area contributed by atoms with Crippen LogP contribution < -0.4 is 5.32 Å². The Labute approximate surface area is 178 Å². The van der Waals surface area contributed by atoms with Gasteiger partial charge in [-0.15, -0.1) is 0 Å². The van der Waals surface area contributed by atoms with Crippen LogP contribution in [-0.2, 0) is 16.1 Å². The molecule has 0 aromatic heterocycles. The molecule has 3 aromatic carbocycles. The van der Waals surface area contributed by atoms with Gasteiger partial charge in [-0.25, -0.2) is 4.39 Å². The summed E-state index contributed by atoms with van der Waals surface area (Å²) in [5.41, 5.74) is 3.35. The first-order chi connectivity index (χ1) is 14.4. The molecular formula is C24H18ClFN2O2. The minimum atomic E-state index is -0.433. The van der Waals surface area contributed by atoms with Crippen molar-refractivity contribution in [1.82, 2.24) is 4.90 Å². The number of benzene rings is 3. The third-order valence-corrected chi connectivity index (χ3v) is 5.17. The first-order valence-corrected chi connectivity index (χ1v) is 9.75. The van der Waals surface area contributed by atoms with Crippen LogP contribution in [0.1, 0.15) is 16.7 Å². The van der Waals surface area contributed by atoms with Gasteiger partial charge in [-0.05, 0) is 53.9 Å². The van der Waals surface area contributed by atoms with Gasteiger partial charge < -0.3 is 5.32 Å². The molecular weight excluding hydrogens is 403 g/mol. The lowest BCUT2D eigenvalue weighted by Crippen LogP contribution is -2.32. The van der Waals surface area contributed by atoms with E-state index in [4.69, 9.17) is 11.6 Å². The van der Waals surface area contributed by atoms with Gasteiger partial charge in [-0.3, -0.25) is 14.5 Å². The van der Waals surface area contributed by atoms with Crippen molar-refractivity contribution < 1.29 is 14.0 Å². The first-order valence-electron chi connectivity index (χ1n) is 9.37. The molecule has 0 saturated heterocycles. The predicted octanol–water partition coefficient (Wildman–Crippen LogP) is 5.18. The number of rotatable bonds is 5. The SMILES string of the molecule is Cc1cc(Cl)ccc1NC1=C(c2ccccc2)C(=O)N(Cc2ccc(F)cc2)C1=O. The Morgan fingerprint density at radius 2 is 1.63 bits per heavy atom. The number of hydrogen-bond acceptors (Lipinski definition) is 3. The van der Waals surface area contributed by atoms with Crippen LogP contribution in [0, 0.1) is 12.7 Å². The maximum Gasteiger partial charge on any atom is 0.278 e. The second-order valence-corrected chi connectivity index (χ2v) is 7.46. The fraction of sp³-hybridized carbons (Fsp3) is 0.0833. The van der Waals surface area contributed by atoms with Gasteiger partial charge in [0.15, 0.2) is 0 Å². The van der Waals surface area contributed by atoms with Crippen LogP contribution in [0.4, 0.5) is 10.1 Å². The van der Waals surface area contributed by atoms with Crippen LogP contribution in [0.5, 0.6) is 0 Å². The summed E-state index contributed by atoms with van der Waals surface area (Å²) in [6, 6.07) is 20.1. The zero-order valence-corrected chi connectivity index (χ0v) is 16.9. The van der Waals surface area contributed by atoms with Crippen LogP contribution in [0.15, 0.2) is 78.5 Å². The van der Waals surface area contributed by atoms with Gasteiger partial charge in [0.25, 0.3) is 11.8 Å². The Balaban J connectivity index is 1.74. The number of amides is 2. The van der Waals surface area contributed by atoms with Crippen molar-refractivity contribution in [2.24, 2.45) is 0 Å². The number of carbonyl (C=O) groups excluding carboxylic acids is 2. The second kappa shape index (κ2) is 8.13. The number of carbonyl (C=O) groups is 2. The number of aryl methyl sites for hydroxylation is 1. The Morgan fingerprint density at radius 1 is 0.933 bits per heavy atom. The molecule has 0 atom stereocenters. The molecule has 0 bridgehead atoms. The molecule has 0 aliphatic carbocycles. The van der Waals surface area contributed by atoms with Crippen molar-refractivity contribution >= 4 is 34.7 Å². The fourth-order valence-electron chi connectivity index (χ4n) is 3.38. The third-order valence-electron chi connectivity index (χ3n) is 4.93. The normalized spacial score (nSPS) is 13.9. The van der Waals surface area contributed by atoms with Gasteiger partial charge in [0.2, 0.25) is 0 Å². The quantitative estimate of drug-likeness (QED) is 0.578. The summed E-state index contributed by atoms with van der Waals surface area (Å²) in [7, 11) is 0. The molecule has 0 spiro atoms. The third kappa shape index (κ3) is 3.84. The van der Waals surface area contributed by atoms with Crippen LogP contribution >= 0.6 is 11.6 Å². The van der Waals surface area contributed by atoms with Crippen LogP contribution in [0.3, 0.4) is 0 Å².